The molecule has 0 aliphatic carbocycles. The Kier molecular flexibility index (Phi) is 6.65. The number of amides is 1. The molecule has 7 nitrogen and oxygen atoms in total. The van der Waals surface area contributed by atoms with E-state index in [2.05, 4.69) is 9.71 Å². The Morgan fingerprint density at radius 2 is 1.79 bits per heavy atom. The molecule has 34 heavy (non-hydrogen) atoms. The summed E-state index contributed by atoms with van der Waals surface area (Å²) in [5, 5.41) is -0.482. The van der Waals surface area contributed by atoms with Gasteiger partial charge in [-0.2, -0.15) is 13.2 Å². The number of nitrogens with zero attached hydrogens (tertiary/aromatic N) is 2. The Balaban J connectivity index is 0.00000342. The first-order valence-corrected chi connectivity index (χ1v) is 12.1. The molecule has 1 aromatic heterocycles. The molecule has 1 saturated heterocycles. The minimum atomic E-state index is -4.57. The lowest BCUT2D eigenvalue weighted by Gasteiger charge is -2.31. The van der Waals surface area contributed by atoms with E-state index in [0.717, 1.165) is 6.07 Å². The lowest BCUT2D eigenvalue weighted by Crippen LogP contribution is -2.45. The number of nitrogens with one attached hydrogen (secondary N) is 1. The van der Waals surface area contributed by atoms with Gasteiger partial charge in [0.1, 0.15) is 5.75 Å². The summed E-state index contributed by atoms with van der Waals surface area (Å²) in [6.45, 7) is 0.0881. The van der Waals surface area contributed by atoms with Gasteiger partial charge in [0.05, 0.1) is 16.3 Å². The predicted molar refractivity (Wildman–Crippen MR) is 123 cm³/mol. The quantitative estimate of drug-likeness (QED) is 0.551. The van der Waals surface area contributed by atoms with Gasteiger partial charge >= 0.3 is 6.18 Å². The third kappa shape index (κ3) is 5.24. The highest BCUT2D eigenvalue weighted by molar-refractivity contribution is 7.93. The maximum atomic E-state index is 13.3. The molecule has 3 aromatic rings. The van der Waals surface area contributed by atoms with Gasteiger partial charge in [-0.15, -0.1) is 0 Å². The molecule has 4 rings (SSSR count). The fourth-order valence-corrected chi connectivity index (χ4v) is 5.37. The number of aromatic nitrogens is 1. The lowest BCUT2D eigenvalue weighted by atomic mass is 10.1. The van der Waals surface area contributed by atoms with Gasteiger partial charge in [0.25, 0.3) is 5.91 Å². The van der Waals surface area contributed by atoms with E-state index < -0.39 is 27.0 Å². The largest absolute Gasteiger partial charge is 0.483 e. The van der Waals surface area contributed by atoms with Gasteiger partial charge in [0, 0.05) is 31.8 Å². The number of benzene rings is 2. The van der Waals surface area contributed by atoms with E-state index in [1.165, 1.54) is 29.3 Å². The molecular weight excluding hydrogens is 471 g/mol. The summed E-state index contributed by atoms with van der Waals surface area (Å²) in [5.41, 5.74) is -0.654. The molecule has 2 aromatic carbocycles. The van der Waals surface area contributed by atoms with Crippen molar-refractivity contribution in [3.63, 3.8) is 0 Å². The number of hydrogen-bond donors (Lipinski definition) is 1. The van der Waals surface area contributed by atoms with E-state index in [1.54, 1.807) is 30.3 Å². The van der Waals surface area contributed by atoms with Crippen LogP contribution in [-0.4, -0.2) is 49.2 Å². The molecule has 182 valence electrons. The summed E-state index contributed by atoms with van der Waals surface area (Å²) in [6.07, 6.45) is -2.84. The monoisotopic (exact) mass is 495 g/mol. The molecule has 1 aliphatic rings. The first-order valence-electron chi connectivity index (χ1n) is 10.6. The smallest absolute Gasteiger partial charge is 0.418 e. The van der Waals surface area contributed by atoms with Crippen molar-refractivity contribution in [1.82, 2.24) is 9.88 Å². The van der Waals surface area contributed by atoms with Crippen molar-refractivity contribution >= 4 is 32.5 Å². The molecule has 0 saturated carbocycles. The lowest BCUT2D eigenvalue weighted by molar-refractivity contribution is -0.136. The molecule has 1 N–H and O–H groups in total. The van der Waals surface area contributed by atoms with Crippen molar-refractivity contribution in [2.24, 2.45) is 0 Å². The van der Waals surface area contributed by atoms with Crippen LogP contribution in [-0.2, 0) is 21.0 Å². The highest BCUT2D eigenvalue weighted by atomic mass is 32.2. The minimum Gasteiger partial charge on any atom is -0.483 e. The topological polar surface area (TPSA) is 88.6 Å². The first-order chi connectivity index (χ1) is 16.1. The Morgan fingerprint density at radius 3 is 2.47 bits per heavy atom. The van der Waals surface area contributed by atoms with Crippen LogP contribution >= 0.6 is 0 Å². The Labute approximate surface area is 196 Å². The fraction of sp³-hybridized carbons (Fsp3) is 0.304. The molecule has 0 spiro atoms. The second-order valence-corrected chi connectivity index (χ2v) is 9.85. The minimum absolute atomic E-state index is 0. The van der Waals surface area contributed by atoms with E-state index >= 15 is 0 Å². The van der Waals surface area contributed by atoms with Crippen molar-refractivity contribution in [3.8, 4) is 5.75 Å². The van der Waals surface area contributed by atoms with E-state index in [1.807, 2.05) is 0 Å². The Hall–Kier alpha value is -3.34. The summed E-state index contributed by atoms with van der Waals surface area (Å²) in [6, 6.07) is 13.6. The van der Waals surface area contributed by atoms with E-state index in [-0.39, 0.29) is 56.5 Å². The molecule has 0 unspecified atom stereocenters. The molecule has 2 heterocycles. The van der Waals surface area contributed by atoms with E-state index in [9.17, 15) is 26.4 Å². The maximum Gasteiger partial charge on any atom is 0.418 e. The van der Waals surface area contributed by atoms with Gasteiger partial charge in [-0.25, -0.2) is 8.42 Å². The summed E-state index contributed by atoms with van der Waals surface area (Å²) < 4.78 is 73.2. The second-order valence-electron chi connectivity index (χ2n) is 7.89. The predicted octanol–water partition coefficient (Wildman–Crippen LogP) is 4.31. The SMILES string of the molecule is O=C(COc1ccnc2c(C(F)(F)F)cccc12)N1CCC(S(=O)(=O)Nc2ccccc2)CC1.[HH]. The van der Waals surface area contributed by atoms with Crippen LogP contribution in [0.3, 0.4) is 0 Å². The third-order valence-electron chi connectivity index (χ3n) is 5.65. The number of pyridine rings is 1. The summed E-state index contributed by atoms with van der Waals surface area (Å²) in [7, 11) is -3.60. The highest BCUT2D eigenvalue weighted by Crippen LogP contribution is 2.36. The number of halogens is 3. The number of para-hydroxylation sites is 2. The number of carbonyl (C=O) groups excluding carboxylic acids is 1. The molecule has 1 aliphatic heterocycles. The molecule has 1 amide bonds. The van der Waals surface area contributed by atoms with E-state index in [4.69, 9.17) is 4.74 Å². The molecule has 11 heteroatoms. The van der Waals surface area contributed by atoms with Crippen LogP contribution in [0.15, 0.2) is 60.8 Å². The zero-order chi connectivity index (χ0) is 24.3. The van der Waals surface area contributed by atoms with Crippen LogP contribution in [0.2, 0.25) is 0 Å². The fourth-order valence-electron chi connectivity index (χ4n) is 3.91. The maximum absolute atomic E-state index is 13.3. The van der Waals surface area contributed by atoms with Crippen molar-refractivity contribution in [2.45, 2.75) is 24.3 Å². The number of fused-ring (bicyclic) bond motifs is 1. The van der Waals surface area contributed by atoms with Crippen LogP contribution in [0.4, 0.5) is 18.9 Å². The number of hydrogen-bond acceptors (Lipinski definition) is 5. The van der Waals surface area contributed by atoms with Crippen LogP contribution < -0.4 is 9.46 Å². The van der Waals surface area contributed by atoms with Crippen LogP contribution in [0.1, 0.15) is 19.8 Å². The van der Waals surface area contributed by atoms with Gasteiger partial charge in [-0.3, -0.25) is 14.5 Å². The average Bonchev–Trinajstić information content (AvgIpc) is 2.82. The summed E-state index contributed by atoms with van der Waals surface area (Å²) in [4.78, 5) is 17.9. The molecule has 0 atom stereocenters. The van der Waals surface area contributed by atoms with Gasteiger partial charge in [0.2, 0.25) is 10.0 Å². The number of anilines is 1. The Bertz CT molecular complexity index is 1280. The van der Waals surface area contributed by atoms with Crippen molar-refractivity contribution in [2.75, 3.05) is 24.4 Å². The van der Waals surface area contributed by atoms with Gasteiger partial charge in [-0.1, -0.05) is 24.3 Å². The van der Waals surface area contributed by atoms with E-state index in [0.29, 0.717) is 5.69 Å². The number of alkyl halides is 3. The normalized spacial score (nSPS) is 15.3. The number of piperidine rings is 1. The number of ether oxygens (including phenoxy) is 1. The van der Waals surface area contributed by atoms with Crippen LogP contribution in [0.25, 0.3) is 10.9 Å². The third-order valence-corrected chi connectivity index (χ3v) is 7.52. The number of likely N-dealkylation sites (tertiary alicyclic amines) is 1. The highest BCUT2D eigenvalue weighted by Gasteiger charge is 2.34. The van der Waals surface area contributed by atoms with Gasteiger partial charge in [-0.05, 0) is 43.2 Å². The summed E-state index contributed by atoms with van der Waals surface area (Å²) >= 11 is 0. The van der Waals surface area contributed by atoms with Gasteiger partial charge < -0.3 is 9.64 Å². The standard InChI is InChI=1S/C23H22F3N3O4S.H2/c24-23(25,26)19-8-4-7-18-20(9-12-27-22(18)19)33-15-21(30)29-13-10-17(11-14-29)34(31,32)28-16-5-2-1-3-6-16;/h1-9,12,17,28H,10-11,13-15H2;1H. The molecule has 1 fully saturated rings. The molecule has 0 bridgehead atoms. The zero-order valence-corrected chi connectivity index (χ0v) is 18.8. The van der Waals surface area contributed by atoms with Crippen molar-refractivity contribution in [3.05, 3.63) is 66.4 Å². The average molecular weight is 496 g/mol. The van der Waals surface area contributed by atoms with Crippen LogP contribution in [0, 0.1) is 0 Å². The van der Waals surface area contributed by atoms with Crippen molar-refractivity contribution < 1.29 is 32.5 Å². The number of sulfonamides is 1. The summed E-state index contributed by atoms with van der Waals surface area (Å²) in [5.74, 6) is -0.252. The first kappa shape index (κ1) is 23.8. The second kappa shape index (κ2) is 9.49. The molecule has 0 radical (unpaired) electrons. The van der Waals surface area contributed by atoms with Gasteiger partial charge in [0.15, 0.2) is 6.61 Å². The zero-order valence-electron chi connectivity index (χ0n) is 18.0. The number of rotatable bonds is 6. The number of carbonyl (C=O) groups is 1. The van der Waals surface area contributed by atoms with Crippen LogP contribution in [0.5, 0.6) is 5.75 Å². The van der Waals surface area contributed by atoms with Crippen molar-refractivity contribution in [1.29, 1.82) is 0 Å². The molecular formula is C23H24F3N3O4S. The Morgan fingerprint density at radius 1 is 1.09 bits per heavy atom.